The molecule has 2 amide bonds. The maximum absolute atomic E-state index is 13.0. The van der Waals surface area contributed by atoms with Crippen LogP contribution in [0.5, 0.6) is 0 Å². The number of carbonyl (C=O) groups is 3. The van der Waals surface area contributed by atoms with Gasteiger partial charge in [0.25, 0.3) is 11.7 Å². The zero-order valence-electron chi connectivity index (χ0n) is 16.5. The van der Waals surface area contributed by atoms with E-state index in [1.54, 1.807) is 13.0 Å². The summed E-state index contributed by atoms with van der Waals surface area (Å²) in [5.41, 5.74) is 8.33. The quantitative estimate of drug-likeness (QED) is 0.223. The molecule has 0 unspecified atom stereocenters. The first-order valence-electron chi connectivity index (χ1n) is 9.34. The van der Waals surface area contributed by atoms with Gasteiger partial charge in [0.2, 0.25) is 5.91 Å². The predicted octanol–water partition coefficient (Wildman–Crippen LogP) is 4.00. The maximum Gasteiger partial charge on any atom is 0.297 e. The summed E-state index contributed by atoms with van der Waals surface area (Å²) in [5.74, 6) is -1.77. The van der Waals surface area contributed by atoms with E-state index >= 15 is 0 Å². The Bertz CT molecular complexity index is 1290. The smallest absolute Gasteiger partial charge is 0.297 e. The van der Waals surface area contributed by atoms with E-state index in [9.17, 15) is 14.4 Å². The van der Waals surface area contributed by atoms with Crippen molar-refractivity contribution in [1.29, 1.82) is 0 Å². The van der Waals surface area contributed by atoms with Crippen LogP contribution in [-0.2, 0) is 9.59 Å². The number of aromatic amines is 1. The van der Waals surface area contributed by atoms with Gasteiger partial charge < -0.3 is 16.0 Å². The van der Waals surface area contributed by atoms with Crippen molar-refractivity contribution >= 4 is 56.6 Å². The van der Waals surface area contributed by atoms with Crippen molar-refractivity contribution in [2.75, 3.05) is 11.1 Å². The Kier molecular flexibility index (Phi) is 5.88. The Labute approximate surface area is 186 Å². The molecule has 0 aliphatic carbocycles. The first-order chi connectivity index (χ1) is 14.9. The van der Waals surface area contributed by atoms with Gasteiger partial charge in [0.1, 0.15) is 10.7 Å². The lowest BCUT2D eigenvalue weighted by Gasteiger charge is -2.05. The number of Topliss-reactive ketones (excluding diaryl/α,β-unsaturated/α-hetero) is 1. The summed E-state index contributed by atoms with van der Waals surface area (Å²) in [6.45, 7) is 1.77. The Morgan fingerprint density at radius 3 is 2.55 bits per heavy atom. The number of rotatable bonds is 7. The number of fused-ring (bicyclic) bond motifs is 1. The van der Waals surface area contributed by atoms with Crippen LogP contribution in [-0.4, -0.2) is 33.3 Å². The van der Waals surface area contributed by atoms with Crippen LogP contribution in [0, 0.1) is 6.92 Å². The SMILES string of the molecule is Cc1[nH]c2ccccc2c1C(=O)C(=O)Nc1sc(SCC(N)=O)nc1-c1ccccc1. The van der Waals surface area contributed by atoms with E-state index in [2.05, 4.69) is 15.3 Å². The number of thioether (sulfide) groups is 1. The molecular weight excluding hydrogens is 432 g/mol. The number of nitrogens with two attached hydrogens (primary N) is 1. The summed E-state index contributed by atoms with van der Waals surface area (Å²) in [4.78, 5) is 44.7. The van der Waals surface area contributed by atoms with Crippen molar-refractivity contribution in [3.8, 4) is 11.3 Å². The van der Waals surface area contributed by atoms with Crippen molar-refractivity contribution in [3.05, 3.63) is 65.9 Å². The molecule has 0 saturated carbocycles. The molecule has 156 valence electrons. The fourth-order valence-electron chi connectivity index (χ4n) is 3.21. The second-order valence-electron chi connectivity index (χ2n) is 6.73. The third-order valence-electron chi connectivity index (χ3n) is 4.55. The van der Waals surface area contributed by atoms with Gasteiger partial charge in [-0.05, 0) is 13.0 Å². The molecule has 0 aliphatic heterocycles. The molecule has 7 nitrogen and oxygen atoms in total. The molecular formula is C22H18N4O3S2. The molecule has 0 spiro atoms. The van der Waals surface area contributed by atoms with Gasteiger partial charge in [-0.15, -0.1) is 0 Å². The fourth-order valence-corrected chi connectivity index (χ4v) is 5.01. The van der Waals surface area contributed by atoms with Gasteiger partial charge in [-0.3, -0.25) is 14.4 Å². The minimum atomic E-state index is -0.750. The lowest BCUT2D eigenvalue weighted by atomic mass is 10.1. The number of nitrogens with zero attached hydrogens (tertiary/aromatic N) is 1. The summed E-state index contributed by atoms with van der Waals surface area (Å²) in [7, 11) is 0. The van der Waals surface area contributed by atoms with Gasteiger partial charge in [-0.25, -0.2) is 4.98 Å². The van der Waals surface area contributed by atoms with E-state index in [4.69, 9.17) is 5.73 Å². The first-order valence-corrected chi connectivity index (χ1v) is 11.1. The molecule has 0 atom stereocenters. The molecule has 4 rings (SSSR count). The molecule has 0 bridgehead atoms. The highest BCUT2D eigenvalue weighted by molar-refractivity contribution is 8.01. The Morgan fingerprint density at radius 1 is 1.10 bits per heavy atom. The maximum atomic E-state index is 13.0. The van der Waals surface area contributed by atoms with Gasteiger partial charge in [-0.1, -0.05) is 71.6 Å². The van der Waals surface area contributed by atoms with E-state index in [0.717, 1.165) is 11.1 Å². The number of benzene rings is 2. The number of anilines is 1. The van der Waals surface area contributed by atoms with Crippen LogP contribution >= 0.6 is 23.1 Å². The molecule has 31 heavy (non-hydrogen) atoms. The summed E-state index contributed by atoms with van der Waals surface area (Å²) in [6.07, 6.45) is 0. The van der Waals surface area contributed by atoms with Crippen molar-refractivity contribution in [3.63, 3.8) is 0 Å². The third-order valence-corrected chi connectivity index (χ3v) is 6.68. The number of para-hydroxylation sites is 1. The Balaban J connectivity index is 1.66. The van der Waals surface area contributed by atoms with Crippen molar-refractivity contribution in [2.45, 2.75) is 11.3 Å². The predicted molar refractivity (Wildman–Crippen MR) is 123 cm³/mol. The minimum Gasteiger partial charge on any atom is -0.369 e. The van der Waals surface area contributed by atoms with E-state index in [1.807, 2.05) is 48.5 Å². The molecule has 2 aromatic heterocycles. The van der Waals surface area contributed by atoms with Gasteiger partial charge in [-0.2, -0.15) is 0 Å². The van der Waals surface area contributed by atoms with Crippen LogP contribution in [0.25, 0.3) is 22.2 Å². The number of aryl methyl sites for hydroxylation is 1. The fraction of sp³-hybridized carbons (Fsp3) is 0.0909. The Morgan fingerprint density at radius 2 is 1.81 bits per heavy atom. The minimum absolute atomic E-state index is 0.0720. The second kappa shape index (κ2) is 8.75. The molecule has 0 fully saturated rings. The van der Waals surface area contributed by atoms with E-state index in [1.165, 1.54) is 23.1 Å². The van der Waals surface area contributed by atoms with Gasteiger partial charge in [0.05, 0.1) is 11.3 Å². The third kappa shape index (κ3) is 4.37. The van der Waals surface area contributed by atoms with Crippen LogP contribution in [0.15, 0.2) is 58.9 Å². The van der Waals surface area contributed by atoms with Crippen LogP contribution in [0.1, 0.15) is 16.1 Å². The molecule has 2 heterocycles. The zero-order valence-corrected chi connectivity index (χ0v) is 18.1. The Hall–Kier alpha value is -3.43. The summed E-state index contributed by atoms with van der Waals surface area (Å²) < 4.78 is 0.573. The highest BCUT2D eigenvalue weighted by atomic mass is 32.2. The highest BCUT2D eigenvalue weighted by Gasteiger charge is 2.25. The molecule has 2 aromatic carbocycles. The van der Waals surface area contributed by atoms with Gasteiger partial charge in [0, 0.05) is 22.2 Å². The average molecular weight is 451 g/mol. The highest BCUT2D eigenvalue weighted by Crippen LogP contribution is 2.37. The second-order valence-corrected chi connectivity index (χ2v) is 8.95. The van der Waals surface area contributed by atoms with Crippen molar-refractivity contribution in [1.82, 2.24) is 9.97 Å². The van der Waals surface area contributed by atoms with Crippen LogP contribution in [0.2, 0.25) is 0 Å². The molecule has 4 N–H and O–H groups in total. The number of aromatic nitrogens is 2. The van der Waals surface area contributed by atoms with Crippen LogP contribution in [0.3, 0.4) is 0 Å². The summed E-state index contributed by atoms with van der Waals surface area (Å²) in [6, 6.07) is 16.7. The standard InChI is InChI=1S/C22H18N4O3S2/c1-12-17(14-9-5-6-10-15(14)24-12)19(28)20(29)26-21-18(13-7-3-2-4-8-13)25-22(31-21)30-11-16(23)27/h2-10,24H,11H2,1H3,(H2,23,27)(H,26,29). The van der Waals surface area contributed by atoms with Gasteiger partial charge in [0.15, 0.2) is 4.34 Å². The van der Waals surface area contributed by atoms with Crippen molar-refractivity contribution < 1.29 is 14.4 Å². The number of thiazole rings is 1. The monoisotopic (exact) mass is 450 g/mol. The largest absolute Gasteiger partial charge is 0.369 e. The molecule has 4 aromatic rings. The van der Waals surface area contributed by atoms with E-state index in [0.29, 0.717) is 31.7 Å². The summed E-state index contributed by atoms with van der Waals surface area (Å²) in [5, 5.41) is 3.86. The van der Waals surface area contributed by atoms with Crippen LogP contribution < -0.4 is 11.1 Å². The van der Waals surface area contributed by atoms with Crippen molar-refractivity contribution in [2.24, 2.45) is 5.73 Å². The number of nitrogens with one attached hydrogen (secondary N) is 2. The lowest BCUT2D eigenvalue weighted by molar-refractivity contribution is -0.115. The number of ketones is 1. The van der Waals surface area contributed by atoms with E-state index in [-0.39, 0.29) is 5.75 Å². The number of hydrogen-bond acceptors (Lipinski definition) is 6. The first kappa shape index (κ1) is 20.8. The number of amides is 2. The van der Waals surface area contributed by atoms with E-state index < -0.39 is 17.6 Å². The topological polar surface area (TPSA) is 118 Å². The molecule has 0 aliphatic rings. The number of carbonyl (C=O) groups excluding carboxylic acids is 3. The van der Waals surface area contributed by atoms with Gasteiger partial charge >= 0.3 is 0 Å². The summed E-state index contributed by atoms with van der Waals surface area (Å²) >= 11 is 2.39. The number of primary amides is 1. The number of hydrogen-bond donors (Lipinski definition) is 3. The average Bonchev–Trinajstić information content (AvgIpc) is 3.32. The molecule has 0 radical (unpaired) electrons. The van der Waals surface area contributed by atoms with Crippen LogP contribution in [0.4, 0.5) is 5.00 Å². The lowest BCUT2D eigenvalue weighted by Crippen LogP contribution is -2.23. The normalized spacial score (nSPS) is 10.9. The molecule has 0 saturated heterocycles. The molecule has 9 heteroatoms. The zero-order chi connectivity index (χ0) is 22.0. The number of H-pyrrole nitrogens is 1.